The molecule has 3 aromatic rings. The quantitative estimate of drug-likeness (QED) is 0.338. The lowest BCUT2D eigenvalue weighted by atomic mass is 10.1. The Balaban J connectivity index is 1.72. The fourth-order valence-corrected chi connectivity index (χ4v) is 4.39. The van der Waals surface area contributed by atoms with Gasteiger partial charge in [0.15, 0.2) is 0 Å². The number of methoxy groups -OCH3 is 2. The summed E-state index contributed by atoms with van der Waals surface area (Å²) < 4.78 is 24.0. The minimum Gasteiger partial charge on any atom is -0.496 e. The van der Waals surface area contributed by atoms with E-state index in [1.807, 2.05) is 13.0 Å². The average Bonchev–Trinajstić information content (AvgIpc) is 2.84. The Kier molecular flexibility index (Phi) is 8.79. The average molecular weight is 503 g/mol. The van der Waals surface area contributed by atoms with Gasteiger partial charge in [-0.3, -0.25) is 9.59 Å². The molecular formula is C25H24ClFN2O4S. The highest BCUT2D eigenvalue weighted by molar-refractivity contribution is 8.00. The van der Waals surface area contributed by atoms with Gasteiger partial charge in [0, 0.05) is 16.3 Å². The first-order valence-corrected chi connectivity index (χ1v) is 11.7. The monoisotopic (exact) mass is 502 g/mol. The first kappa shape index (κ1) is 25.4. The Morgan fingerprint density at radius 1 is 0.971 bits per heavy atom. The minimum atomic E-state index is -0.550. The maximum Gasteiger partial charge on any atom is 0.263 e. The predicted octanol–water partition coefficient (Wildman–Crippen LogP) is 6.26. The highest BCUT2D eigenvalue weighted by atomic mass is 35.5. The summed E-state index contributed by atoms with van der Waals surface area (Å²) >= 11 is 7.16. The molecule has 1 atom stereocenters. The van der Waals surface area contributed by atoms with Crippen LogP contribution in [0.2, 0.25) is 5.02 Å². The van der Waals surface area contributed by atoms with E-state index in [-0.39, 0.29) is 22.4 Å². The molecule has 2 N–H and O–H groups in total. The van der Waals surface area contributed by atoms with Gasteiger partial charge in [-0.1, -0.05) is 30.7 Å². The van der Waals surface area contributed by atoms with Gasteiger partial charge in [-0.2, -0.15) is 0 Å². The van der Waals surface area contributed by atoms with Gasteiger partial charge in [0.05, 0.1) is 24.5 Å². The van der Waals surface area contributed by atoms with E-state index in [1.54, 1.807) is 36.4 Å². The van der Waals surface area contributed by atoms with Crippen molar-refractivity contribution < 1.29 is 23.5 Å². The first-order valence-electron chi connectivity index (χ1n) is 10.4. The van der Waals surface area contributed by atoms with Crippen molar-refractivity contribution in [2.24, 2.45) is 0 Å². The summed E-state index contributed by atoms with van der Waals surface area (Å²) in [4.78, 5) is 26.5. The van der Waals surface area contributed by atoms with Crippen LogP contribution in [0, 0.1) is 5.82 Å². The molecule has 1 unspecified atom stereocenters. The van der Waals surface area contributed by atoms with E-state index in [0.717, 1.165) is 4.90 Å². The van der Waals surface area contributed by atoms with E-state index >= 15 is 0 Å². The summed E-state index contributed by atoms with van der Waals surface area (Å²) in [6.45, 7) is 1.90. The van der Waals surface area contributed by atoms with Crippen LogP contribution in [0.4, 0.5) is 15.8 Å². The van der Waals surface area contributed by atoms with Gasteiger partial charge in [0.25, 0.3) is 5.91 Å². The zero-order valence-corrected chi connectivity index (χ0v) is 20.4. The van der Waals surface area contributed by atoms with Crippen molar-refractivity contribution in [3.8, 4) is 11.5 Å². The third-order valence-corrected chi connectivity index (χ3v) is 6.52. The van der Waals surface area contributed by atoms with Crippen LogP contribution in [0.1, 0.15) is 23.7 Å². The van der Waals surface area contributed by atoms with Crippen LogP contribution in [0.5, 0.6) is 11.5 Å². The topological polar surface area (TPSA) is 76.7 Å². The number of carbonyl (C=O) groups is 2. The molecule has 0 fully saturated rings. The molecular weight excluding hydrogens is 479 g/mol. The second-order valence-corrected chi connectivity index (χ2v) is 8.84. The number of rotatable bonds is 9. The molecule has 0 aromatic heterocycles. The van der Waals surface area contributed by atoms with Crippen molar-refractivity contribution in [2.45, 2.75) is 23.5 Å². The third-order valence-electron chi connectivity index (χ3n) is 4.88. The number of ether oxygens (including phenoxy) is 2. The molecule has 0 saturated carbocycles. The van der Waals surface area contributed by atoms with Crippen LogP contribution < -0.4 is 20.1 Å². The fraction of sp³-hybridized carbons (Fsp3) is 0.200. The Bertz CT molecular complexity index is 1170. The lowest BCUT2D eigenvalue weighted by Crippen LogP contribution is -2.24. The summed E-state index contributed by atoms with van der Waals surface area (Å²) in [6, 6.07) is 16.3. The number of hydrogen-bond acceptors (Lipinski definition) is 5. The van der Waals surface area contributed by atoms with E-state index in [1.165, 1.54) is 44.2 Å². The van der Waals surface area contributed by atoms with Crippen LogP contribution >= 0.6 is 23.4 Å². The van der Waals surface area contributed by atoms with E-state index in [4.69, 9.17) is 21.1 Å². The lowest BCUT2D eigenvalue weighted by Gasteiger charge is -2.16. The Morgan fingerprint density at radius 2 is 1.62 bits per heavy atom. The van der Waals surface area contributed by atoms with Gasteiger partial charge in [-0.15, -0.1) is 11.8 Å². The number of hydrogen-bond donors (Lipinski definition) is 2. The fourth-order valence-electron chi connectivity index (χ4n) is 3.20. The molecule has 2 amide bonds. The summed E-state index contributed by atoms with van der Waals surface area (Å²) in [5.41, 5.74) is 1.26. The molecule has 0 aliphatic heterocycles. The molecule has 34 heavy (non-hydrogen) atoms. The smallest absolute Gasteiger partial charge is 0.263 e. The maximum atomic E-state index is 13.4. The molecule has 3 aromatic carbocycles. The van der Waals surface area contributed by atoms with Crippen molar-refractivity contribution in [3.05, 3.63) is 77.1 Å². The SMILES string of the molecule is CCC(Sc1cccc(NC(=O)c2c(OC)cccc2OC)c1)C(=O)Nc1ccc(F)c(Cl)c1. The van der Waals surface area contributed by atoms with Gasteiger partial charge >= 0.3 is 0 Å². The molecule has 0 radical (unpaired) electrons. The van der Waals surface area contributed by atoms with E-state index < -0.39 is 11.1 Å². The van der Waals surface area contributed by atoms with Gasteiger partial charge in [-0.25, -0.2) is 4.39 Å². The van der Waals surface area contributed by atoms with Crippen LogP contribution in [0.3, 0.4) is 0 Å². The van der Waals surface area contributed by atoms with Crippen LogP contribution in [0.25, 0.3) is 0 Å². The molecule has 3 rings (SSSR count). The summed E-state index contributed by atoms with van der Waals surface area (Å²) in [5.74, 6) is -0.375. The first-order chi connectivity index (χ1) is 16.4. The summed E-state index contributed by atoms with van der Waals surface area (Å²) in [6.07, 6.45) is 0.556. The highest BCUT2D eigenvalue weighted by Gasteiger charge is 2.20. The zero-order chi connectivity index (χ0) is 24.7. The second-order valence-electron chi connectivity index (χ2n) is 7.15. The van der Waals surface area contributed by atoms with Gasteiger partial charge in [0.2, 0.25) is 5.91 Å². The van der Waals surface area contributed by atoms with Gasteiger partial charge < -0.3 is 20.1 Å². The number of carbonyl (C=O) groups excluding carboxylic acids is 2. The largest absolute Gasteiger partial charge is 0.496 e. The zero-order valence-electron chi connectivity index (χ0n) is 18.9. The molecule has 9 heteroatoms. The summed E-state index contributed by atoms with van der Waals surface area (Å²) in [7, 11) is 2.97. The Hall–Kier alpha value is -3.23. The lowest BCUT2D eigenvalue weighted by molar-refractivity contribution is -0.115. The molecule has 0 heterocycles. The van der Waals surface area contributed by atoms with E-state index in [0.29, 0.717) is 29.3 Å². The predicted molar refractivity (Wildman–Crippen MR) is 134 cm³/mol. The number of halogens is 2. The number of thioether (sulfide) groups is 1. The third kappa shape index (κ3) is 6.21. The number of benzene rings is 3. The van der Waals surface area contributed by atoms with Gasteiger partial charge in [0.1, 0.15) is 22.9 Å². The second kappa shape index (κ2) is 11.8. The normalized spacial score (nSPS) is 11.4. The standard InChI is InChI=1S/C25H24ClFN2O4S/c1-4-22(24(30)28-16-11-12-19(27)18(26)14-16)34-17-8-5-7-15(13-17)29-25(31)23-20(32-2)9-6-10-21(23)33-3/h5-14,22H,4H2,1-3H3,(H,28,30)(H,29,31). The molecule has 0 bridgehead atoms. The number of amides is 2. The highest BCUT2D eigenvalue weighted by Crippen LogP contribution is 2.31. The van der Waals surface area contributed by atoms with Crippen LogP contribution in [-0.4, -0.2) is 31.3 Å². The number of nitrogens with one attached hydrogen (secondary N) is 2. The molecule has 0 aliphatic carbocycles. The van der Waals surface area contributed by atoms with Crippen LogP contribution in [-0.2, 0) is 4.79 Å². The number of anilines is 2. The Morgan fingerprint density at radius 3 is 2.24 bits per heavy atom. The van der Waals surface area contributed by atoms with Crippen molar-refractivity contribution in [1.82, 2.24) is 0 Å². The van der Waals surface area contributed by atoms with E-state index in [2.05, 4.69) is 10.6 Å². The van der Waals surface area contributed by atoms with Crippen molar-refractivity contribution in [2.75, 3.05) is 24.9 Å². The van der Waals surface area contributed by atoms with Crippen molar-refractivity contribution in [3.63, 3.8) is 0 Å². The molecule has 178 valence electrons. The molecule has 6 nitrogen and oxygen atoms in total. The van der Waals surface area contributed by atoms with Crippen molar-refractivity contribution >= 4 is 46.6 Å². The molecule has 0 aliphatic rings. The maximum absolute atomic E-state index is 13.4. The summed E-state index contributed by atoms with van der Waals surface area (Å²) in [5, 5.41) is 5.15. The Labute approximate surface area is 206 Å². The van der Waals surface area contributed by atoms with Gasteiger partial charge in [-0.05, 0) is 55.0 Å². The van der Waals surface area contributed by atoms with Crippen molar-refractivity contribution in [1.29, 1.82) is 0 Å². The minimum absolute atomic E-state index is 0.0615. The van der Waals surface area contributed by atoms with Crippen LogP contribution in [0.15, 0.2) is 65.6 Å². The molecule has 0 saturated heterocycles. The van der Waals surface area contributed by atoms with E-state index in [9.17, 15) is 14.0 Å². The molecule has 0 spiro atoms.